The zero-order chi connectivity index (χ0) is 14.7. The highest BCUT2D eigenvalue weighted by Crippen LogP contribution is 2.26. The van der Waals surface area contributed by atoms with E-state index in [1.807, 2.05) is 16.8 Å². The molecular formula is C12H11N3O4S. The van der Waals surface area contributed by atoms with Gasteiger partial charge in [0.15, 0.2) is 5.69 Å². The van der Waals surface area contributed by atoms with E-state index < -0.39 is 10.9 Å². The van der Waals surface area contributed by atoms with Crippen molar-refractivity contribution in [1.29, 1.82) is 0 Å². The van der Waals surface area contributed by atoms with Gasteiger partial charge < -0.3 is 10.0 Å². The van der Waals surface area contributed by atoms with E-state index in [0.717, 1.165) is 17.7 Å². The van der Waals surface area contributed by atoms with Gasteiger partial charge in [0.05, 0.1) is 4.92 Å². The maximum Gasteiger partial charge on any atom is 0.354 e. The van der Waals surface area contributed by atoms with E-state index in [1.54, 1.807) is 11.9 Å². The Morgan fingerprint density at radius 1 is 1.50 bits per heavy atom. The third-order valence-electron chi connectivity index (χ3n) is 2.63. The van der Waals surface area contributed by atoms with E-state index in [-0.39, 0.29) is 17.2 Å². The number of hydrogen-bond acceptors (Lipinski definition) is 6. The van der Waals surface area contributed by atoms with Gasteiger partial charge in [0.2, 0.25) is 5.82 Å². The molecular weight excluding hydrogens is 282 g/mol. The van der Waals surface area contributed by atoms with Gasteiger partial charge in [0, 0.05) is 19.7 Å². The lowest BCUT2D eigenvalue weighted by atomic mass is 10.2. The molecule has 0 aliphatic heterocycles. The molecule has 8 heteroatoms. The molecule has 2 rings (SSSR count). The third kappa shape index (κ3) is 2.91. The minimum atomic E-state index is -1.22. The zero-order valence-electron chi connectivity index (χ0n) is 10.5. The Kier molecular flexibility index (Phi) is 3.94. The van der Waals surface area contributed by atoms with Crippen molar-refractivity contribution in [3.8, 4) is 0 Å². The van der Waals surface area contributed by atoms with Crippen molar-refractivity contribution in [3.63, 3.8) is 0 Å². The number of carbonyl (C=O) groups is 1. The Morgan fingerprint density at radius 2 is 2.25 bits per heavy atom. The topological polar surface area (TPSA) is 96.6 Å². The summed E-state index contributed by atoms with van der Waals surface area (Å²) < 4.78 is 0. The van der Waals surface area contributed by atoms with Crippen LogP contribution in [0.5, 0.6) is 0 Å². The van der Waals surface area contributed by atoms with E-state index in [1.165, 1.54) is 11.3 Å². The van der Waals surface area contributed by atoms with E-state index in [9.17, 15) is 14.9 Å². The lowest BCUT2D eigenvalue weighted by Gasteiger charge is -2.17. The van der Waals surface area contributed by atoms with Crippen LogP contribution in [0, 0.1) is 10.1 Å². The normalized spacial score (nSPS) is 10.2. The molecule has 0 aliphatic carbocycles. The summed E-state index contributed by atoms with van der Waals surface area (Å²) >= 11 is 1.52. The Hall–Kier alpha value is -2.48. The molecule has 0 bridgehead atoms. The number of hydrogen-bond donors (Lipinski definition) is 1. The summed E-state index contributed by atoms with van der Waals surface area (Å²) in [5.41, 5.74) is 0.546. The number of carboxylic acid groups (broad SMARTS) is 1. The first-order valence-electron chi connectivity index (χ1n) is 5.60. The van der Waals surface area contributed by atoms with Gasteiger partial charge in [-0.15, -0.1) is 0 Å². The smallest absolute Gasteiger partial charge is 0.354 e. The van der Waals surface area contributed by atoms with Crippen LogP contribution in [0.15, 0.2) is 29.0 Å². The molecule has 0 unspecified atom stereocenters. The molecule has 0 spiro atoms. The number of thiophene rings is 1. The molecule has 1 N–H and O–H groups in total. The van der Waals surface area contributed by atoms with Crippen molar-refractivity contribution >= 4 is 28.8 Å². The molecule has 0 aromatic carbocycles. The second-order valence-corrected chi connectivity index (χ2v) is 4.87. The molecule has 0 radical (unpaired) electrons. The van der Waals surface area contributed by atoms with Gasteiger partial charge in [-0.05, 0) is 28.5 Å². The van der Waals surface area contributed by atoms with Gasteiger partial charge in [-0.1, -0.05) is 0 Å². The van der Waals surface area contributed by atoms with Crippen molar-refractivity contribution in [2.75, 3.05) is 11.9 Å². The summed E-state index contributed by atoms with van der Waals surface area (Å²) in [6.45, 7) is 0.417. The number of carboxylic acids is 1. The Labute approximate surface area is 118 Å². The van der Waals surface area contributed by atoms with Crippen LogP contribution in [-0.2, 0) is 6.54 Å². The summed E-state index contributed by atoms with van der Waals surface area (Å²) in [7, 11) is 1.64. The highest BCUT2D eigenvalue weighted by atomic mass is 32.1. The first-order chi connectivity index (χ1) is 9.49. The summed E-state index contributed by atoms with van der Waals surface area (Å²) in [5.74, 6) is -1.17. The predicted molar refractivity (Wildman–Crippen MR) is 74.3 cm³/mol. The van der Waals surface area contributed by atoms with Crippen LogP contribution in [0.25, 0.3) is 0 Å². The number of nitro groups is 1. The molecule has 20 heavy (non-hydrogen) atoms. The van der Waals surface area contributed by atoms with Gasteiger partial charge in [0.25, 0.3) is 0 Å². The Bertz CT molecular complexity index is 642. The van der Waals surface area contributed by atoms with Gasteiger partial charge >= 0.3 is 11.7 Å². The lowest BCUT2D eigenvalue weighted by molar-refractivity contribution is -0.384. The van der Waals surface area contributed by atoms with E-state index in [2.05, 4.69) is 4.98 Å². The second-order valence-electron chi connectivity index (χ2n) is 4.09. The molecule has 104 valence electrons. The van der Waals surface area contributed by atoms with Gasteiger partial charge in [0.1, 0.15) is 0 Å². The average molecular weight is 293 g/mol. The SMILES string of the molecule is CN(Cc1ccsc1)c1nc(C(=O)O)ccc1[N+](=O)[O-]. The van der Waals surface area contributed by atoms with Crippen LogP contribution < -0.4 is 4.90 Å². The van der Waals surface area contributed by atoms with E-state index >= 15 is 0 Å². The summed E-state index contributed by atoms with van der Waals surface area (Å²) in [6, 6.07) is 4.19. The number of aromatic nitrogens is 1. The van der Waals surface area contributed by atoms with Crippen LogP contribution in [0.3, 0.4) is 0 Å². The Balaban J connectivity index is 2.38. The monoisotopic (exact) mass is 293 g/mol. The first kappa shape index (κ1) is 13.9. The molecule has 0 atom stereocenters. The fraction of sp³-hybridized carbons (Fsp3) is 0.167. The maximum atomic E-state index is 11.0. The van der Waals surface area contributed by atoms with Crippen LogP contribution in [-0.4, -0.2) is 28.0 Å². The number of nitrogens with zero attached hydrogens (tertiary/aromatic N) is 3. The van der Waals surface area contributed by atoms with Crippen LogP contribution in [0.4, 0.5) is 11.5 Å². The molecule has 0 amide bonds. The van der Waals surface area contributed by atoms with Gasteiger partial charge in [-0.2, -0.15) is 11.3 Å². The summed E-state index contributed by atoms with van der Waals surface area (Å²) in [5, 5.41) is 23.8. The third-order valence-corrected chi connectivity index (χ3v) is 3.36. The van der Waals surface area contributed by atoms with Crippen molar-refractivity contribution < 1.29 is 14.8 Å². The highest BCUT2D eigenvalue weighted by molar-refractivity contribution is 7.07. The summed E-state index contributed by atoms with van der Waals surface area (Å²) in [6.07, 6.45) is 0. The van der Waals surface area contributed by atoms with Crippen LogP contribution in [0.2, 0.25) is 0 Å². The van der Waals surface area contributed by atoms with Crippen molar-refractivity contribution in [1.82, 2.24) is 4.98 Å². The van der Waals surface area contributed by atoms with Crippen LogP contribution in [0.1, 0.15) is 16.1 Å². The fourth-order valence-electron chi connectivity index (χ4n) is 1.71. The molecule has 0 fully saturated rings. The van der Waals surface area contributed by atoms with Gasteiger partial charge in [-0.3, -0.25) is 10.1 Å². The summed E-state index contributed by atoms with van der Waals surface area (Å²) in [4.78, 5) is 26.8. The highest BCUT2D eigenvalue weighted by Gasteiger charge is 2.21. The largest absolute Gasteiger partial charge is 0.477 e. The number of aromatic carboxylic acids is 1. The molecule has 0 saturated heterocycles. The van der Waals surface area contributed by atoms with Crippen molar-refractivity contribution in [2.45, 2.75) is 6.54 Å². The molecule has 0 aliphatic rings. The van der Waals surface area contributed by atoms with Crippen molar-refractivity contribution in [3.05, 3.63) is 50.3 Å². The zero-order valence-corrected chi connectivity index (χ0v) is 11.3. The quantitative estimate of drug-likeness (QED) is 0.671. The standard InChI is InChI=1S/C12H11N3O4S/c1-14(6-8-4-5-20-7-8)11-10(15(18)19)3-2-9(13-11)12(16)17/h2-5,7H,6H2,1H3,(H,16,17). The van der Waals surface area contributed by atoms with Crippen molar-refractivity contribution in [2.24, 2.45) is 0 Å². The van der Waals surface area contributed by atoms with Gasteiger partial charge in [-0.25, -0.2) is 9.78 Å². The number of anilines is 1. The minimum Gasteiger partial charge on any atom is -0.477 e. The minimum absolute atomic E-state index is 0.0427. The average Bonchev–Trinajstić information content (AvgIpc) is 2.90. The number of rotatable bonds is 5. The fourth-order valence-corrected chi connectivity index (χ4v) is 2.37. The molecule has 2 aromatic rings. The van der Waals surface area contributed by atoms with E-state index in [0.29, 0.717) is 6.54 Å². The number of pyridine rings is 1. The molecule has 7 nitrogen and oxygen atoms in total. The molecule has 2 heterocycles. The lowest BCUT2D eigenvalue weighted by Crippen LogP contribution is -2.20. The molecule has 0 saturated carbocycles. The Morgan fingerprint density at radius 3 is 2.80 bits per heavy atom. The maximum absolute atomic E-state index is 11.0. The first-order valence-corrected chi connectivity index (χ1v) is 6.54. The molecule has 2 aromatic heterocycles. The van der Waals surface area contributed by atoms with E-state index in [4.69, 9.17) is 5.11 Å². The predicted octanol–water partition coefficient (Wildman–Crippen LogP) is 2.39. The van der Waals surface area contributed by atoms with Crippen LogP contribution >= 0.6 is 11.3 Å². The second kappa shape index (κ2) is 5.66.